The highest BCUT2D eigenvalue weighted by atomic mass is 16.3. The number of hydrogen-bond donors (Lipinski definition) is 1. The molecule has 2 heterocycles. The molecule has 0 atom stereocenters. The third-order valence-corrected chi connectivity index (χ3v) is 2.05. The first-order valence-electron chi connectivity index (χ1n) is 5.30. The predicted molar refractivity (Wildman–Crippen MR) is 67.9 cm³/mol. The van der Waals surface area contributed by atoms with Crippen molar-refractivity contribution in [1.82, 2.24) is 10.4 Å². The van der Waals surface area contributed by atoms with Gasteiger partial charge in [0.05, 0.1) is 11.8 Å². The van der Waals surface area contributed by atoms with Gasteiger partial charge in [-0.3, -0.25) is 9.78 Å². The Labute approximate surface area is 104 Å². The minimum absolute atomic E-state index is 0.300. The van der Waals surface area contributed by atoms with E-state index >= 15 is 0 Å². The van der Waals surface area contributed by atoms with Crippen molar-refractivity contribution in [3.8, 4) is 0 Å². The number of aromatic nitrogens is 1. The molecule has 5 nitrogen and oxygen atoms in total. The lowest BCUT2D eigenvalue weighted by atomic mass is 10.3. The fourth-order valence-corrected chi connectivity index (χ4v) is 1.22. The molecule has 0 saturated carbocycles. The maximum atomic E-state index is 11.5. The fraction of sp³-hybridized carbons (Fsp3) is 0. The molecule has 90 valence electrons. The summed E-state index contributed by atoms with van der Waals surface area (Å²) in [7, 11) is 0. The molecular weight excluding hydrogens is 230 g/mol. The van der Waals surface area contributed by atoms with Gasteiger partial charge < -0.3 is 4.42 Å². The standard InChI is InChI=1S/C13H11N3O2/c17-13(11-4-1-7-14-10-11)16-15-8-2-5-12-6-3-9-18-12/h1-10H,(H,16,17)/b5-2-,15-8-. The van der Waals surface area contributed by atoms with Gasteiger partial charge in [0.2, 0.25) is 0 Å². The summed E-state index contributed by atoms with van der Waals surface area (Å²) in [6, 6.07) is 6.96. The van der Waals surface area contributed by atoms with Gasteiger partial charge in [0.15, 0.2) is 0 Å². The molecule has 1 N–H and O–H groups in total. The van der Waals surface area contributed by atoms with Gasteiger partial charge >= 0.3 is 0 Å². The van der Waals surface area contributed by atoms with Crippen LogP contribution in [0.3, 0.4) is 0 Å². The summed E-state index contributed by atoms with van der Waals surface area (Å²) in [4.78, 5) is 15.4. The largest absolute Gasteiger partial charge is 0.465 e. The molecule has 0 spiro atoms. The maximum Gasteiger partial charge on any atom is 0.272 e. The second-order valence-corrected chi connectivity index (χ2v) is 3.34. The van der Waals surface area contributed by atoms with E-state index in [0.717, 1.165) is 5.76 Å². The highest BCUT2D eigenvalue weighted by Gasteiger charge is 2.01. The molecule has 0 fully saturated rings. The Bertz CT molecular complexity index is 545. The summed E-state index contributed by atoms with van der Waals surface area (Å²) in [5, 5.41) is 3.77. The summed E-state index contributed by atoms with van der Waals surface area (Å²) >= 11 is 0. The monoisotopic (exact) mass is 241 g/mol. The third-order valence-electron chi connectivity index (χ3n) is 2.05. The first-order chi connectivity index (χ1) is 8.86. The van der Waals surface area contributed by atoms with Crippen molar-refractivity contribution in [1.29, 1.82) is 0 Å². The first-order valence-corrected chi connectivity index (χ1v) is 5.30. The van der Waals surface area contributed by atoms with Crippen LogP contribution in [0.25, 0.3) is 6.08 Å². The second-order valence-electron chi connectivity index (χ2n) is 3.34. The molecule has 0 unspecified atom stereocenters. The predicted octanol–water partition coefficient (Wildman–Crippen LogP) is 2.10. The first kappa shape index (κ1) is 11.8. The van der Waals surface area contributed by atoms with Crippen molar-refractivity contribution in [3.63, 3.8) is 0 Å². The van der Waals surface area contributed by atoms with E-state index in [0.29, 0.717) is 5.56 Å². The minimum Gasteiger partial charge on any atom is -0.465 e. The normalized spacial score (nSPS) is 11.1. The molecule has 18 heavy (non-hydrogen) atoms. The van der Waals surface area contributed by atoms with Gasteiger partial charge in [-0.2, -0.15) is 5.10 Å². The Hall–Kier alpha value is -2.69. The lowest BCUT2D eigenvalue weighted by Crippen LogP contribution is -2.17. The number of carbonyl (C=O) groups is 1. The fourth-order valence-electron chi connectivity index (χ4n) is 1.22. The van der Waals surface area contributed by atoms with E-state index in [4.69, 9.17) is 4.42 Å². The van der Waals surface area contributed by atoms with Crippen LogP contribution in [-0.4, -0.2) is 17.1 Å². The summed E-state index contributed by atoms with van der Waals surface area (Å²) in [6.45, 7) is 0. The molecule has 0 bridgehead atoms. The lowest BCUT2D eigenvalue weighted by molar-refractivity contribution is 0.0955. The van der Waals surface area contributed by atoms with Gasteiger partial charge in [0, 0.05) is 18.6 Å². The van der Waals surface area contributed by atoms with Crippen LogP contribution in [0, 0.1) is 0 Å². The average molecular weight is 241 g/mol. The van der Waals surface area contributed by atoms with Crippen molar-refractivity contribution in [2.24, 2.45) is 5.10 Å². The third kappa shape index (κ3) is 3.41. The highest BCUT2D eigenvalue weighted by molar-refractivity contribution is 5.94. The molecule has 0 radical (unpaired) electrons. The smallest absolute Gasteiger partial charge is 0.272 e. The number of hydrogen-bond acceptors (Lipinski definition) is 4. The summed E-state index contributed by atoms with van der Waals surface area (Å²) in [5.41, 5.74) is 2.85. The van der Waals surface area contributed by atoms with Gasteiger partial charge in [-0.05, 0) is 36.4 Å². The zero-order valence-corrected chi connectivity index (χ0v) is 9.48. The Morgan fingerprint density at radius 1 is 1.39 bits per heavy atom. The Morgan fingerprint density at radius 3 is 3.06 bits per heavy atom. The van der Waals surface area contributed by atoms with Crippen molar-refractivity contribution in [2.45, 2.75) is 0 Å². The minimum atomic E-state index is -0.300. The Kier molecular flexibility index (Phi) is 4.02. The molecule has 2 aromatic rings. The van der Waals surface area contributed by atoms with Crippen LogP contribution in [0.5, 0.6) is 0 Å². The number of allylic oxidation sites excluding steroid dienone is 1. The van der Waals surface area contributed by atoms with Gasteiger partial charge in [-0.15, -0.1) is 0 Å². The van der Waals surface area contributed by atoms with Gasteiger partial charge in [0.1, 0.15) is 5.76 Å². The summed E-state index contributed by atoms with van der Waals surface area (Å²) < 4.78 is 5.09. The average Bonchev–Trinajstić information content (AvgIpc) is 2.92. The van der Waals surface area contributed by atoms with E-state index in [9.17, 15) is 4.79 Å². The highest BCUT2D eigenvalue weighted by Crippen LogP contribution is 2.00. The molecule has 0 aliphatic rings. The van der Waals surface area contributed by atoms with Gasteiger partial charge in [0.25, 0.3) is 5.91 Å². The van der Waals surface area contributed by atoms with E-state index in [1.54, 1.807) is 42.8 Å². The van der Waals surface area contributed by atoms with Gasteiger partial charge in [-0.25, -0.2) is 5.43 Å². The van der Waals surface area contributed by atoms with Crippen LogP contribution < -0.4 is 5.43 Å². The van der Waals surface area contributed by atoms with E-state index < -0.39 is 0 Å². The summed E-state index contributed by atoms with van der Waals surface area (Å²) in [6.07, 6.45) is 9.54. The van der Waals surface area contributed by atoms with Crippen LogP contribution in [-0.2, 0) is 0 Å². The molecule has 0 aromatic carbocycles. The summed E-state index contributed by atoms with van der Waals surface area (Å²) in [5.74, 6) is 0.422. The molecule has 2 aromatic heterocycles. The number of nitrogens with zero attached hydrogens (tertiary/aromatic N) is 2. The quantitative estimate of drug-likeness (QED) is 0.658. The van der Waals surface area contributed by atoms with Crippen molar-refractivity contribution < 1.29 is 9.21 Å². The molecule has 0 saturated heterocycles. The second kappa shape index (κ2) is 6.15. The number of rotatable bonds is 4. The zero-order chi connectivity index (χ0) is 12.6. The van der Waals surface area contributed by atoms with Gasteiger partial charge in [-0.1, -0.05) is 0 Å². The van der Waals surface area contributed by atoms with Crippen LogP contribution in [0.15, 0.2) is 58.5 Å². The Morgan fingerprint density at radius 2 is 2.33 bits per heavy atom. The number of carbonyl (C=O) groups excluding carboxylic acids is 1. The maximum absolute atomic E-state index is 11.5. The Balaban J connectivity index is 1.83. The molecule has 5 heteroatoms. The van der Waals surface area contributed by atoms with Crippen LogP contribution in [0.4, 0.5) is 0 Å². The van der Waals surface area contributed by atoms with Crippen LogP contribution in [0.1, 0.15) is 16.1 Å². The molecule has 2 rings (SSSR count). The number of furan rings is 1. The van der Waals surface area contributed by atoms with Crippen LogP contribution in [0.2, 0.25) is 0 Å². The van der Waals surface area contributed by atoms with E-state index in [2.05, 4.69) is 15.5 Å². The SMILES string of the molecule is O=C(N/N=C\C=C/c1ccco1)c1cccnc1. The molecule has 1 amide bonds. The number of pyridine rings is 1. The van der Waals surface area contributed by atoms with Crippen molar-refractivity contribution in [3.05, 3.63) is 60.3 Å². The number of amides is 1. The number of nitrogens with one attached hydrogen (secondary N) is 1. The zero-order valence-electron chi connectivity index (χ0n) is 9.48. The van der Waals surface area contributed by atoms with E-state index in [-0.39, 0.29) is 5.91 Å². The van der Waals surface area contributed by atoms with E-state index in [1.807, 2.05) is 6.07 Å². The van der Waals surface area contributed by atoms with Crippen molar-refractivity contribution in [2.75, 3.05) is 0 Å². The molecule has 0 aliphatic heterocycles. The van der Waals surface area contributed by atoms with Crippen LogP contribution >= 0.6 is 0 Å². The molecule has 0 aliphatic carbocycles. The van der Waals surface area contributed by atoms with Crippen molar-refractivity contribution >= 4 is 18.2 Å². The lowest BCUT2D eigenvalue weighted by Gasteiger charge is -1.96. The number of hydrazone groups is 1. The topological polar surface area (TPSA) is 67.5 Å². The van der Waals surface area contributed by atoms with E-state index in [1.165, 1.54) is 12.4 Å². The molecular formula is C13H11N3O2.